The molecular weight excluding hydrogens is 294 g/mol. The minimum Gasteiger partial charge on any atom is -0.386 e. The van der Waals surface area contributed by atoms with Crippen molar-refractivity contribution in [1.29, 1.82) is 0 Å². The number of hydrogen-bond acceptors (Lipinski definition) is 4. The van der Waals surface area contributed by atoms with Crippen LogP contribution in [-0.4, -0.2) is 36.4 Å². The van der Waals surface area contributed by atoms with Gasteiger partial charge in [0.05, 0.1) is 11.5 Å². The summed E-state index contributed by atoms with van der Waals surface area (Å²) in [5, 5.41) is 14.5. The Hall–Kier alpha value is -0.430. The minimum atomic E-state index is -0.899. The number of rotatable bonds is 3. The average Bonchev–Trinajstić information content (AvgIpc) is 2.85. The summed E-state index contributed by atoms with van der Waals surface area (Å²) in [7, 11) is 0. The van der Waals surface area contributed by atoms with Gasteiger partial charge in [0.1, 0.15) is 5.60 Å². The van der Waals surface area contributed by atoms with Gasteiger partial charge >= 0.3 is 0 Å². The molecule has 6 heteroatoms. The van der Waals surface area contributed by atoms with E-state index in [1.807, 2.05) is 5.38 Å². The van der Waals surface area contributed by atoms with Gasteiger partial charge in [-0.05, 0) is 22.0 Å². The SMILES string of the molecule is O=C(NCC1(O)CCOC1)c1cc(Br)cs1. The van der Waals surface area contributed by atoms with Crippen LogP contribution in [0.2, 0.25) is 0 Å². The maximum Gasteiger partial charge on any atom is 0.261 e. The van der Waals surface area contributed by atoms with Crippen molar-refractivity contribution >= 4 is 33.2 Å². The number of aliphatic hydroxyl groups is 1. The first-order chi connectivity index (χ1) is 7.59. The van der Waals surface area contributed by atoms with Crippen molar-refractivity contribution in [2.45, 2.75) is 12.0 Å². The van der Waals surface area contributed by atoms with Crippen LogP contribution in [0.25, 0.3) is 0 Å². The lowest BCUT2D eigenvalue weighted by molar-refractivity contribution is 0.0265. The number of nitrogens with one attached hydrogen (secondary N) is 1. The van der Waals surface area contributed by atoms with Crippen LogP contribution in [0.15, 0.2) is 15.9 Å². The fourth-order valence-corrected chi connectivity index (χ4v) is 2.84. The highest BCUT2D eigenvalue weighted by atomic mass is 79.9. The van der Waals surface area contributed by atoms with Gasteiger partial charge in [0.2, 0.25) is 0 Å². The Balaban J connectivity index is 1.88. The second kappa shape index (κ2) is 4.83. The summed E-state index contributed by atoms with van der Waals surface area (Å²) in [6.45, 7) is 1.08. The van der Waals surface area contributed by atoms with Crippen molar-refractivity contribution in [1.82, 2.24) is 5.32 Å². The van der Waals surface area contributed by atoms with E-state index in [4.69, 9.17) is 4.74 Å². The third kappa shape index (κ3) is 2.82. The van der Waals surface area contributed by atoms with Gasteiger partial charge in [0.25, 0.3) is 5.91 Å². The molecule has 2 rings (SSSR count). The molecule has 1 saturated heterocycles. The molecule has 1 aromatic heterocycles. The third-order valence-electron chi connectivity index (χ3n) is 2.45. The predicted octanol–water partition coefficient (Wildman–Crippen LogP) is 1.39. The van der Waals surface area contributed by atoms with E-state index in [9.17, 15) is 9.90 Å². The molecule has 1 amide bonds. The summed E-state index contributed by atoms with van der Waals surface area (Å²) < 4.78 is 5.99. The van der Waals surface area contributed by atoms with E-state index < -0.39 is 5.60 Å². The van der Waals surface area contributed by atoms with E-state index in [0.717, 1.165) is 4.47 Å². The summed E-state index contributed by atoms with van der Waals surface area (Å²) in [4.78, 5) is 12.3. The Labute approximate surface area is 106 Å². The first-order valence-corrected chi connectivity index (χ1v) is 6.59. The van der Waals surface area contributed by atoms with Crippen molar-refractivity contribution < 1.29 is 14.6 Å². The van der Waals surface area contributed by atoms with Crippen molar-refractivity contribution in [2.24, 2.45) is 0 Å². The molecule has 1 aliphatic rings. The van der Waals surface area contributed by atoms with Crippen molar-refractivity contribution in [3.63, 3.8) is 0 Å². The molecule has 1 unspecified atom stereocenters. The lowest BCUT2D eigenvalue weighted by Crippen LogP contribution is -2.43. The molecule has 0 bridgehead atoms. The zero-order chi connectivity index (χ0) is 11.6. The lowest BCUT2D eigenvalue weighted by atomic mass is 10.0. The molecule has 1 atom stereocenters. The molecule has 0 saturated carbocycles. The molecule has 1 aromatic rings. The lowest BCUT2D eigenvalue weighted by Gasteiger charge is -2.20. The van der Waals surface area contributed by atoms with Crippen molar-refractivity contribution in [3.8, 4) is 0 Å². The topological polar surface area (TPSA) is 58.6 Å². The first-order valence-electron chi connectivity index (χ1n) is 4.91. The zero-order valence-electron chi connectivity index (χ0n) is 8.53. The van der Waals surface area contributed by atoms with Crippen LogP contribution in [-0.2, 0) is 4.74 Å². The van der Waals surface area contributed by atoms with Gasteiger partial charge in [-0.2, -0.15) is 0 Å². The number of amides is 1. The second-order valence-electron chi connectivity index (χ2n) is 3.84. The highest BCUT2D eigenvalue weighted by Gasteiger charge is 2.32. The monoisotopic (exact) mass is 305 g/mol. The maximum absolute atomic E-state index is 11.7. The predicted molar refractivity (Wildman–Crippen MR) is 64.7 cm³/mol. The summed E-state index contributed by atoms with van der Waals surface area (Å²) in [5.74, 6) is -0.156. The first kappa shape index (κ1) is 12.0. The van der Waals surface area contributed by atoms with E-state index in [-0.39, 0.29) is 12.5 Å². The van der Waals surface area contributed by atoms with Gasteiger partial charge in [0.15, 0.2) is 0 Å². The number of carbonyl (C=O) groups is 1. The van der Waals surface area contributed by atoms with Gasteiger partial charge in [-0.1, -0.05) is 0 Å². The standard InChI is InChI=1S/C10H12BrNO3S/c11-7-3-8(16-4-7)9(13)12-5-10(14)1-2-15-6-10/h3-4,14H,1-2,5-6H2,(H,12,13). The molecule has 88 valence electrons. The fraction of sp³-hybridized carbons (Fsp3) is 0.500. The van der Waals surface area contributed by atoms with E-state index in [0.29, 0.717) is 24.5 Å². The fourth-order valence-electron chi connectivity index (χ4n) is 1.50. The highest BCUT2D eigenvalue weighted by molar-refractivity contribution is 9.10. The number of halogens is 1. The van der Waals surface area contributed by atoms with E-state index in [2.05, 4.69) is 21.2 Å². The Kier molecular flexibility index (Phi) is 3.63. The Morgan fingerprint density at radius 2 is 2.56 bits per heavy atom. The summed E-state index contributed by atoms with van der Waals surface area (Å²) in [5.41, 5.74) is -0.899. The molecule has 1 fully saturated rings. The highest BCUT2D eigenvalue weighted by Crippen LogP contribution is 2.20. The average molecular weight is 306 g/mol. The number of carbonyl (C=O) groups excluding carboxylic acids is 1. The van der Waals surface area contributed by atoms with E-state index >= 15 is 0 Å². The van der Waals surface area contributed by atoms with Gasteiger partial charge in [-0.15, -0.1) is 11.3 Å². The molecule has 2 heterocycles. The summed E-state index contributed by atoms with van der Waals surface area (Å²) in [6, 6.07) is 1.76. The molecule has 1 aliphatic heterocycles. The van der Waals surface area contributed by atoms with Crippen LogP contribution >= 0.6 is 27.3 Å². The van der Waals surface area contributed by atoms with E-state index in [1.54, 1.807) is 6.07 Å². The van der Waals surface area contributed by atoms with Crippen molar-refractivity contribution in [3.05, 3.63) is 20.8 Å². The van der Waals surface area contributed by atoms with Crippen LogP contribution in [0, 0.1) is 0 Å². The smallest absolute Gasteiger partial charge is 0.261 e. The maximum atomic E-state index is 11.7. The van der Waals surface area contributed by atoms with Gasteiger partial charge in [-0.25, -0.2) is 0 Å². The molecule has 4 nitrogen and oxygen atoms in total. The van der Waals surface area contributed by atoms with Crippen LogP contribution in [0.4, 0.5) is 0 Å². The second-order valence-corrected chi connectivity index (χ2v) is 5.67. The summed E-state index contributed by atoms with van der Waals surface area (Å²) in [6.07, 6.45) is 0.571. The largest absolute Gasteiger partial charge is 0.386 e. The molecule has 0 radical (unpaired) electrons. The van der Waals surface area contributed by atoms with Crippen LogP contribution in [0.3, 0.4) is 0 Å². The molecule has 2 N–H and O–H groups in total. The third-order valence-corrected chi connectivity index (χ3v) is 4.14. The quantitative estimate of drug-likeness (QED) is 0.887. The van der Waals surface area contributed by atoms with Gasteiger partial charge in [0, 0.05) is 29.4 Å². The van der Waals surface area contributed by atoms with Crippen LogP contribution < -0.4 is 5.32 Å². The number of ether oxygens (including phenoxy) is 1. The van der Waals surface area contributed by atoms with Crippen molar-refractivity contribution in [2.75, 3.05) is 19.8 Å². The molecule has 16 heavy (non-hydrogen) atoms. The Morgan fingerprint density at radius 1 is 1.75 bits per heavy atom. The van der Waals surface area contributed by atoms with E-state index in [1.165, 1.54) is 11.3 Å². The van der Waals surface area contributed by atoms with Crippen LogP contribution in [0.1, 0.15) is 16.1 Å². The normalized spacial score (nSPS) is 24.6. The Bertz CT molecular complexity index is 387. The number of hydrogen-bond donors (Lipinski definition) is 2. The van der Waals surface area contributed by atoms with Gasteiger partial charge < -0.3 is 15.2 Å². The zero-order valence-corrected chi connectivity index (χ0v) is 10.9. The molecule has 0 aromatic carbocycles. The minimum absolute atomic E-state index is 0.156. The molecular formula is C10H12BrNO3S. The van der Waals surface area contributed by atoms with Crippen LogP contribution in [0.5, 0.6) is 0 Å². The molecule has 0 aliphatic carbocycles. The van der Waals surface area contributed by atoms with Gasteiger partial charge in [-0.3, -0.25) is 4.79 Å². The summed E-state index contributed by atoms with van der Waals surface area (Å²) >= 11 is 4.66. The number of thiophene rings is 1. The molecule has 0 spiro atoms. The Morgan fingerprint density at radius 3 is 3.12 bits per heavy atom.